The fourth-order valence-electron chi connectivity index (χ4n) is 2.28. The summed E-state index contributed by atoms with van der Waals surface area (Å²) >= 11 is 6.39. The van der Waals surface area contributed by atoms with E-state index in [0.717, 1.165) is 49.1 Å². The van der Waals surface area contributed by atoms with Crippen LogP contribution in [0.2, 0.25) is 5.02 Å². The van der Waals surface area contributed by atoms with Crippen molar-refractivity contribution in [2.75, 3.05) is 25.1 Å². The van der Waals surface area contributed by atoms with Crippen molar-refractivity contribution in [3.63, 3.8) is 0 Å². The topological polar surface area (TPSA) is 35.5 Å². The van der Waals surface area contributed by atoms with E-state index in [1.807, 2.05) is 0 Å². The number of anilines is 1. The molecule has 0 saturated heterocycles. The Morgan fingerprint density at radius 1 is 1.30 bits per heavy atom. The van der Waals surface area contributed by atoms with E-state index in [9.17, 15) is 0 Å². The lowest BCUT2D eigenvalue weighted by Crippen LogP contribution is -2.19. The van der Waals surface area contributed by atoms with Crippen molar-refractivity contribution in [2.45, 2.75) is 44.7 Å². The number of nitrogens with zero attached hydrogens (tertiary/aromatic N) is 1. The molecule has 0 bridgehead atoms. The molecule has 1 aliphatic carbocycles. The van der Waals surface area contributed by atoms with Gasteiger partial charge < -0.3 is 15.3 Å². The fourth-order valence-corrected chi connectivity index (χ4v) is 2.63. The molecule has 4 heteroatoms. The highest BCUT2D eigenvalue weighted by Gasteiger charge is 2.20. The quantitative estimate of drug-likeness (QED) is 0.687. The van der Waals surface area contributed by atoms with Crippen LogP contribution in [0.4, 0.5) is 5.69 Å². The number of nitrogens with one attached hydrogen (secondary N) is 1. The molecule has 1 aromatic carbocycles. The number of benzene rings is 1. The van der Waals surface area contributed by atoms with E-state index in [1.165, 1.54) is 18.4 Å². The van der Waals surface area contributed by atoms with Crippen molar-refractivity contribution < 1.29 is 5.11 Å². The third kappa shape index (κ3) is 4.97. The van der Waals surface area contributed by atoms with Crippen molar-refractivity contribution in [2.24, 2.45) is 0 Å². The predicted octanol–water partition coefficient (Wildman–Crippen LogP) is 3.19. The molecule has 1 fully saturated rings. The average molecular weight is 297 g/mol. The van der Waals surface area contributed by atoms with E-state index in [-0.39, 0.29) is 6.61 Å². The summed E-state index contributed by atoms with van der Waals surface area (Å²) in [6, 6.07) is 7.05. The zero-order valence-corrected chi connectivity index (χ0v) is 13.0. The molecule has 0 spiro atoms. The van der Waals surface area contributed by atoms with Gasteiger partial charge in [-0.2, -0.15) is 0 Å². The van der Waals surface area contributed by atoms with Gasteiger partial charge in [0.25, 0.3) is 0 Å². The van der Waals surface area contributed by atoms with Gasteiger partial charge in [0.2, 0.25) is 0 Å². The van der Waals surface area contributed by atoms with Crippen LogP contribution in [0.5, 0.6) is 0 Å². The van der Waals surface area contributed by atoms with Crippen LogP contribution in [0.1, 0.15) is 37.7 Å². The molecule has 1 saturated carbocycles. The summed E-state index contributed by atoms with van der Waals surface area (Å²) in [6.45, 7) is 2.16. The first-order chi connectivity index (χ1) is 9.70. The van der Waals surface area contributed by atoms with Crippen LogP contribution < -0.4 is 10.2 Å². The van der Waals surface area contributed by atoms with E-state index in [4.69, 9.17) is 16.7 Å². The van der Waals surface area contributed by atoms with Crippen LogP contribution in [0.15, 0.2) is 18.2 Å². The van der Waals surface area contributed by atoms with Gasteiger partial charge in [-0.05, 0) is 49.8 Å². The molecular formula is C16H25ClN2O. The van der Waals surface area contributed by atoms with Gasteiger partial charge in [-0.15, -0.1) is 0 Å². The summed E-state index contributed by atoms with van der Waals surface area (Å²) in [4.78, 5) is 2.19. The lowest BCUT2D eigenvalue weighted by atomic mass is 10.1. The van der Waals surface area contributed by atoms with Crippen LogP contribution in [-0.2, 0) is 6.54 Å². The van der Waals surface area contributed by atoms with Crippen molar-refractivity contribution in [3.05, 3.63) is 28.8 Å². The van der Waals surface area contributed by atoms with Gasteiger partial charge in [-0.3, -0.25) is 0 Å². The third-order valence-electron chi connectivity index (χ3n) is 3.75. The molecule has 1 aliphatic rings. The fraction of sp³-hybridized carbons (Fsp3) is 0.625. The number of aliphatic hydroxyl groups is 1. The molecule has 1 aromatic rings. The summed E-state index contributed by atoms with van der Waals surface area (Å²) in [5, 5.41) is 13.1. The highest BCUT2D eigenvalue weighted by atomic mass is 35.5. The number of unbranched alkanes of at least 4 members (excludes halogenated alkanes) is 2. The number of hydrogen-bond donors (Lipinski definition) is 2. The molecule has 0 aromatic heterocycles. The van der Waals surface area contributed by atoms with Crippen molar-refractivity contribution in [1.82, 2.24) is 5.32 Å². The normalized spacial score (nSPS) is 14.6. The molecule has 112 valence electrons. The van der Waals surface area contributed by atoms with Crippen molar-refractivity contribution in [1.29, 1.82) is 0 Å². The first-order valence-electron chi connectivity index (χ1n) is 7.54. The first kappa shape index (κ1) is 15.6. The van der Waals surface area contributed by atoms with Gasteiger partial charge in [0, 0.05) is 32.8 Å². The summed E-state index contributed by atoms with van der Waals surface area (Å²) < 4.78 is 0. The largest absolute Gasteiger partial charge is 0.396 e. The molecule has 0 atom stereocenters. The molecule has 0 radical (unpaired) electrons. The second kappa shape index (κ2) is 7.87. The monoisotopic (exact) mass is 296 g/mol. The molecule has 20 heavy (non-hydrogen) atoms. The molecular weight excluding hydrogens is 272 g/mol. The Kier molecular flexibility index (Phi) is 6.14. The molecule has 0 aliphatic heterocycles. The molecule has 0 heterocycles. The Balaban J connectivity index is 1.83. The maximum absolute atomic E-state index is 8.78. The highest BCUT2D eigenvalue weighted by molar-refractivity contribution is 6.33. The second-order valence-electron chi connectivity index (χ2n) is 5.65. The van der Waals surface area contributed by atoms with Gasteiger partial charge in [-0.25, -0.2) is 0 Å². The Morgan fingerprint density at radius 3 is 2.75 bits per heavy atom. The van der Waals surface area contributed by atoms with E-state index in [0.29, 0.717) is 0 Å². The lowest BCUT2D eigenvalue weighted by molar-refractivity contribution is 0.283. The Hall–Kier alpha value is -0.770. The molecule has 3 nitrogen and oxygen atoms in total. The van der Waals surface area contributed by atoms with Crippen LogP contribution in [-0.4, -0.2) is 31.3 Å². The minimum atomic E-state index is 0.285. The minimum absolute atomic E-state index is 0.285. The summed E-state index contributed by atoms with van der Waals surface area (Å²) in [5.41, 5.74) is 2.34. The first-order valence-corrected chi connectivity index (χ1v) is 7.92. The predicted molar refractivity (Wildman–Crippen MR) is 85.5 cm³/mol. The van der Waals surface area contributed by atoms with Gasteiger partial charge in [0.1, 0.15) is 0 Å². The van der Waals surface area contributed by atoms with Gasteiger partial charge in [-0.1, -0.05) is 17.7 Å². The number of halogens is 1. The molecule has 0 amide bonds. The van der Waals surface area contributed by atoms with E-state index in [2.05, 4.69) is 35.5 Å². The number of aliphatic hydroxyl groups excluding tert-OH is 1. The zero-order chi connectivity index (χ0) is 14.4. The summed E-state index contributed by atoms with van der Waals surface area (Å²) in [5.74, 6) is 0. The number of rotatable bonds is 9. The summed E-state index contributed by atoms with van der Waals surface area (Å²) in [7, 11) is 2.07. The van der Waals surface area contributed by atoms with E-state index in [1.54, 1.807) is 0 Å². The Bertz CT molecular complexity index is 421. The SMILES string of the molecule is CN(CCCCCO)c1ccc(CNC2CC2)cc1Cl. The minimum Gasteiger partial charge on any atom is -0.396 e. The van der Waals surface area contributed by atoms with Gasteiger partial charge >= 0.3 is 0 Å². The van der Waals surface area contributed by atoms with Crippen molar-refractivity contribution >= 4 is 17.3 Å². The standard InChI is InChI=1S/C16H25ClN2O/c1-19(9-3-2-4-10-20)16-8-5-13(11-15(16)17)12-18-14-6-7-14/h5,8,11,14,18,20H,2-4,6-7,9-10,12H2,1H3. The zero-order valence-electron chi connectivity index (χ0n) is 12.2. The van der Waals surface area contributed by atoms with Crippen LogP contribution in [0.25, 0.3) is 0 Å². The lowest BCUT2D eigenvalue weighted by Gasteiger charge is -2.21. The second-order valence-corrected chi connectivity index (χ2v) is 6.05. The van der Waals surface area contributed by atoms with Crippen LogP contribution in [0.3, 0.4) is 0 Å². The molecule has 2 rings (SSSR count). The molecule has 0 unspecified atom stereocenters. The smallest absolute Gasteiger partial charge is 0.0642 e. The van der Waals surface area contributed by atoms with E-state index < -0.39 is 0 Å². The maximum atomic E-state index is 8.78. The Labute approximate surface area is 126 Å². The van der Waals surface area contributed by atoms with Crippen LogP contribution >= 0.6 is 11.6 Å². The number of hydrogen-bond acceptors (Lipinski definition) is 3. The summed E-state index contributed by atoms with van der Waals surface area (Å²) in [6.07, 6.45) is 5.64. The van der Waals surface area contributed by atoms with Crippen LogP contribution in [0, 0.1) is 0 Å². The van der Waals surface area contributed by atoms with Crippen molar-refractivity contribution in [3.8, 4) is 0 Å². The molecule has 2 N–H and O–H groups in total. The van der Waals surface area contributed by atoms with Gasteiger partial charge in [0.05, 0.1) is 10.7 Å². The Morgan fingerprint density at radius 2 is 2.10 bits per heavy atom. The average Bonchev–Trinajstić information content (AvgIpc) is 3.25. The van der Waals surface area contributed by atoms with E-state index >= 15 is 0 Å². The van der Waals surface area contributed by atoms with Gasteiger partial charge in [0.15, 0.2) is 0 Å². The highest BCUT2D eigenvalue weighted by Crippen LogP contribution is 2.27. The maximum Gasteiger partial charge on any atom is 0.0642 e. The third-order valence-corrected chi connectivity index (χ3v) is 4.05.